The van der Waals surface area contributed by atoms with Crippen molar-refractivity contribution in [3.63, 3.8) is 0 Å². The second-order valence-electron chi connectivity index (χ2n) is 8.89. The topological polar surface area (TPSA) is 86.1 Å². The van der Waals surface area contributed by atoms with Crippen molar-refractivity contribution in [1.29, 1.82) is 5.26 Å². The number of benzene rings is 2. The van der Waals surface area contributed by atoms with Crippen molar-refractivity contribution < 1.29 is 4.74 Å². The lowest BCUT2D eigenvalue weighted by atomic mass is 10.1. The van der Waals surface area contributed by atoms with Gasteiger partial charge in [0, 0.05) is 44.5 Å². The first kappa shape index (κ1) is 23.9. The van der Waals surface area contributed by atoms with E-state index in [0.29, 0.717) is 11.8 Å². The normalized spacial score (nSPS) is 14.2. The average molecular weight is 497 g/mol. The highest BCUT2D eigenvalue weighted by Gasteiger charge is 2.15. The molecule has 4 aromatic rings. The predicted octanol–water partition coefficient (Wildman–Crippen LogP) is 5.79. The third-order valence-corrected chi connectivity index (χ3v) is 6.95. The minimum absolute atomic E-state index is 0.499. The van der Waals surface area contributed by atoms with Crippen molar-refractivity contribution in [3.05, 3.63) is 76.2 Å². The molecule has 2 aromatic carbocycles. The Morgan fingerprint density at radius 1 is 1.11 bits per heavy atom. The summed E-state index contributed by atoms with van der Waals surface area (Å²) in [6.07, 6.45) is 3.27. The maximum Gasteiger partial charge on any atom is 0.232 e. The summed E-state index contributed by atoms with van der Waals surface area (Å²) in [6.45, 7) is 9.22. The van der Waals surface area contributed by atoms with Crippen LogP contribution in [-0.2, 0) is 6.54 Å². The smallest absolute Gasteiger partial charge is 0.232 e. The number of piperazine rings is 1. The number of allylic oxidation sites excluding steroid dienone is 1. The molecule has 0 aliphatic carbocycles. The average Bonchev–Trinajstić information content (AvgIpc) is 3.36. The molecule has 1 aliphatic heterocycles. The highest BCUT2D eigenvalue weighted by atomic mass is 32.1. The van der Waals surface area contributed by atoms with Crippen LogP contribution >= 0.6 is 11.3 Å². The molecule has 3 heterocycles. The first-order valence-electron chi connectivity index (χ1n) is 12.0. The lowest BCUT2D eigenvalue weighted by Crippen LogP contribution is -2.42. The van der Waals surface area contributed by atoms with Crippen molar-refractivity contribution in [2.45, 2.75) is 20.4 Å². The predicted molar refractivity (Wildman–Crippen MR) is 146 cm³/mol. The Kier molecular flexibility index (Phi) is 7.23. The zero-order valence-corrected chi connectivity index (χ0v) is 21.2. The molecule has 0 radical (unpaired) electrons. The Balaban J connectivity index is 1.37. The Morgan fingerprint density at radius 2 is 1.86 bits per heavy atom. The van der Waals surface area contributed by atoms with E-state index in [0.717, 1.165) is 71.1 Å². The summed E-state index contributed by atoms with van der Waals surface area (Å²) < 4.78 is 6.37. The van der Waals surface area contributed by atoms with Crippen molar-refractivity contribution in [3.8, 4) is 17.7 Å². The molecule has 0 spiro atoms. The van der Waals surface area contributed by atoms with Crippen molar-refractivity contribution in [2.24, 2.45) is 0 Å². The molecule has 1 fully saturated rings. The molecule has 1 saturated heterocycles. The molecule has 1 aliphatic rings. The number of thiophene rings is 1. The number of ether oxygens (including phenoxy) is 1. The monoisotopic (exact) mass is 496 g/mol. The third-order valence-electron chi connectivity index (χ3n) is 6.15. The number of nitrogens with zero attached hydrogens (tertiary/aromatic N) is 4. The number of rotatable bonds is 7. The van der Waals surface area contributed by atoms with Gasteiger partial charge in [0.15, 0.2) is 0 Å². The van der Waals surface area contributed by atoms with E-state index in [-0.39, 0.29) is 0 Å². The van der Waals surface area contributed by atoms with Gasteiger partial charge in [-0.15, -0.1) is 11.3 Å². The number of aryl methyl sites for hydroxylation is 2. The van der Waals surface area contributed by atoms with E-state index in [1.807, 2.05) is 43.5 Å². The van der Waals surface area contributed by atoms with E-state index in [9.17, 15) is 0 Å². The Bertz CT molecular complexity index is 1410. The maximum atomic E-state index is 8.82. The van der Waals surface area contributed by atoms with E-state index < -0.39 is 0 Å². The molecule has 0 saturated carbocycles. The standard InChI is InChI=1S/C28H28N6OS/c1-19-16-22(4-3-10-29)17-20(2)25(19)35-26-24-9-15-36-27(24)33-28(32-26)31-23-7-5-21(6-8-23)18-34-13-11-30-12-14-34/h3-9,15-17,30H,11-14,18H2,1-2H3,(H,31,32,33)/b4-3+. The summed E-state index contributed by atoms with van der Waals surface area (Å²) in [6, 6.07) is 16.5. The lowest BCUT2D eigenvalue weighted by molar-refractivity contribution is 0.233. The molecule has 0 unspecified atom stereocenters. The fourth-order valence-electron chi connectivity index (χ4n) is 4.38. The van der Waals surface area contributed by atoms with Crippen LogP contribution in [0.15, 0.2) is 53.9 Å². The summed E-state index contributed by atoms with van der Waals surface area (Å²) in [5.74, 6) is 1.78. The summed E-state index contributed by atoms with van der Waals surface area (Å²) in [5, 5.41) is 18.4. The van der Waals surface area contributed by atoms with Crippen LogP contribution in [0.1, 0.15) is 22.3 Å². The molecule has 5 rings (SSSR count). The fraction of sp³-hybridized carbons (Fsp3) is 0.250. The number of anilines is 2. The molecule has 2 N–H and O–H groups in total. The number of nitriles is 1. The zero-order valence-electron chi connectivity index (χ0n) is 20.4. The van der Waals surface area contributed by atoms with Crippen LogP contribution < -0.4 is 15.4 Å². The van der Waals surface area contributed by atoms with Gasteiger partial charge in [-0.25, -0.2) is 4.98 Å². The molecular weight excluding hydrogens is 468 g/mol. The van der Waals surface area contributed by atoms with Crippen LogP contribution in [0.5, 0.6) is 11.6 Å². The number of fused-ring (bicyclic) bond motifs is 1. The highest BCUT2D eigenvalue weighted by molar-refractivity contribution is 7.16. The number of hydrogen-bond acceptors (Lipinski definition) is 8. The van der Waals surface area contributed by atoms with Gasteiger partial charge in [-0.3, -0.25) is 4.90 Å². The van der Waals surface area contributed by atoms with E-state index in [2.05, 4.69) is 39.8 Å². The molecule has 0 bridgehead atoms. The molecule has 7 nitrogen and oxygen atoms in total. The first-order chi connectivity index (χ1) is 17.6. The van der Waals surface area contributed by atoms with Crippen LogP contribution in [0.2, 0.25) is 0 Å². The summed E-state index contributed by atoms with van der Waals surface area (Å²) in [7, 11) is 0. The molecule has 0 atom stereocenters. The molecular formula is C28H28N6OS. The summed E-state index contributed by atoms with van der Waals surface area (Å²) in [5.41, 5.74) is 5.14. The van der Waals surface area contributed by atoms with Crippen LogP contribution in [0.3, 0.4) is 0 Å². The minimum Gasteiger partial charge on any atom is -0.438 e. The van der Waals surface area contributed by atoms with Gasteiger partial charge in [-0.2, -0.15) is 10.2 Å². The van der Waals surface area contributed by atoms with Crippen molar-refractivity contribution in [1.82, 2.24) is 20.2 Å². The van der Waals surface area contributed by atoms with Gasteiger partial charge in [0.2, 0.25) is 11.8 Å². The molecule has 36 heavy (non-hydrogen) atoms. The molecule has 0 amide bonds. The van der Waals surface area contributed by atoms with Crippen LogP contribution in [0.25, 0.3) is 16.3 Å². The van der Waals surface area contributed by atoms with Crippen molar-refractivity contribution >= 4 is 39.3 Å². The maximum absolute atomic E-state index is 8.82. The largest absolute Gasteiger partial charge is 0.438 e. The minimum atomic E-state index is 0.499. The van der Waals surface area contributed by atoms with E-state index >= 15 is 0 Å². The van der Waals surface area contributed by atoms with Gasteiger partial charge in [-0.1, -0.05) is 12.1 Å². The number of hydrogen-bond donors (Lipinski definition) is 2. The quantitative estimate of drug-likeness (QED) is 0.313. The number of aromatic nitrogens is 2. The van der Waals surface area contributed by atoms with Gasteiger partial charge >= 0.3 is 0 Å². The zero-order chi connectivity index (χ0) is 24.9. The van der Waals surface area contributed by atoms with Crippen LogP contribution in [0, 0.1) is 25.2 Å². The molecule has 8 heteroatoms. The first-order valence-corrected chi connectivity index (χ1v) is 12.9. The Labute approximate surface area is 215 Å². The fourth-order valence-corrected chi connectivity index (χ4v) is 5.14. The number of nitrogens with one attached hydrogen (secondary N) is 2. The Morgan fingerprint density at radius 3 is 2.58 bits per heavy atom. The summed E-state index contributed by atoms with van der Waals surface area (Å²) in [4.78, 5) is 12.8. The van der Waals surface area contributed by atoms with E-state index in [1.165, 1.54) is 11.6 Å². The van der Waals surface area contributed by atoms with Gasteiger partial charge in [0.05, 0.1) is 11.5 Å². The SMILES string of the molecule is Cc1cc(/C=C/C#N)cc(C)c1Oc1nc(Nc2ccc(CN3CCNCC3)cc2)nc2sccc12. The molecule has 182 valence electrons. The Hall–Kier alpha value is -3.77. The molecule has 2 aromatic heterocycles. The van der Waals surface area contributed by atoms with Gasteiger partial charge in [0.1, 0.15) is 10.6 Å². The van der Waals surface area contributed by atoms with Gasteiger partial charge in [-0.05, 0) is 77.9 Å². The van der Waals surface area contributed by atoms with Crippen LogP contribution in [-0.4, -0.2) is 41.0 Å². The van der Waals surface area contributed by atoms with E-state index in [4.69, 9.17) is 20.0 Å². The second kappa shape index (κ2) is 10.9. The second-order valence-corrected chi connectivity index (χ2v) is 9.78. The van der Waals surface area contributed by atoms with Crippen LogP contribution in [0.4, 0.5) is 11.6 Å². The summed E-state index contributed by atoms with van der Waals surface area (Å²) >= 11 is 1.56. The van der Waals surface area contributed by atoms with Gasteiger partial charge < -0.3 is 15.4 Å². The van der Waals surface area contributed by atoms with Crippen molar-refractivity contribution in [2.75, 3.05) is 31.5 Å². The highest BCUT2D eigenvalue weighted by Crippen LogP contribution is 2.35. The van der Waals surface area contributed by atoms with E-state index in [1.54, 1.807) is 17.4 Å². The van der Waals surface area contributed by atoms with Gasteiger partial charge in [0.25, 0.3) is 0 Å². The lowest BCUT2D eigenvalue weighted by Gasteiger charge is -2.27. The third kappa shape index (κ3) is 5.55.